The van der Waals surface area contributed by atoms with Gasteiger partial charge in [-0.05, 0) is 38.1 Å². The summed E-state index contributed by atoms with van der Waals surface area (Å²) in [6.07, 6.45) is -0.795. The predicted octanol–water partition coefficient (Wildman–Crippen LogP) is 4.96. The fourth-order valence-corrected chi connectivity index (χ4v) is 4.27. The molecule has 0 saturated carbocycles. The largest absolute Gasteiger partial charge is 0.451 e. The van der Waals surface area contributed by atoms with Crippen molar-refractivity contribution in [3.63, 3.8) is 0 Å². The zero-order valence-electron chi connectivity index (χ0n) is 19.5. The lowest BCUT2D eigenvalue weighted by molar-refractivity contribution is 0.0918. The third-order valence-corrected chi connectivity index (χ3v) is 5.98. The lowest BCUT2D eigenvalue weighted by atomic mass is 10.0. The molecule has 1 aromatic heterocycles. The minimum absolute atomic E-state index is 0.201. The van der Waals surface area contributed by atoms with E-state index in [0.29, 0.717) is 17.1 Å². The highest BCUT2D eigenvalue weighted by molar-refractivity contribution is 6.19. The summed E-state index contributed by atoms with van der Waals surface area (Å²) in [4.78, 5) is 20.1. The van der Waals surface area contributed by atoms with Crippen LogP contribution in [0, 0.1) is 6.92 Å². The van der Waals surface area contributed by atoms with Gasteiger partial charge in [-0.3, -0.25) is 14.7 Å². The van der Waals surface area contributed by atoms with Crippen molar-refractivity contribution in [3.8, 4) is 0 Å². The maximum atomic E-state index is 13.3. The number of amides is 1. The minimum atomic E-state index is -0.795. The first-order valence-electron chi connectivity index (χ1n) is 11.2. The summed E-state index contributed by atoms with van der Waals surface area (Å²) >= 11 is 0. The number of rotatable bonds is 3. The number of carbonyl (C=O) groups excluding carboxylic acids is 1. The number of benzene rings is 3. The van der Waals surface area contributed by atoms with E-state index in [0.717, 1.165) is 33.5 Å². The summed E-state index contributed by atoms with van der Waals surface area (Å²) in [6.45, 7) is 8.05. The van der Waals surface area contributed by atoms with Crippen LogP contribution in [0.2, 0.25) is 0 Å². The van der Waals surface area contributed by atoms with Crippen molar-refractivity contribution in [1.29, 1.82) is 0 Å². The molecule has 0 radical (unpaired) electrons. The van der Waals surface area contributed by atoms with Gasteiger partial charge in [0.25, 0.3) is 5.91 Å². The van der Waals surface area contributed by atoms with E-state index in [1.165, 1.54) is 0 Å². The summed E-state index contributed by atoms with van der Waals surface area (Å²) in [5, 5.41) is 7.76. The number of fused-ring (bicyclic) bond motifs is 2. The molecule has 174 valence electrons. The van der Waals surface area contributed by atoms with E-state index < -0.39 is 12.1 Å². The maximum absolute atomic E-state index is 13.3. The fraction of sp³-hybridized carbons (Fsp3) is 0.107. The molecule has 0 saturated heterocycles. The van der Waals surface area contributed by atoms with E-state index >= 15 is 0 Å². The van der Waals surface area contributed by atoms with Gasteiger partial charge in [-0.25, -0.2) is 0 Å². The van der Waals surface area contributed by atoms with Crippen molar-refractivity contribution in [1.82, 2.24) is 5.32 Å². The van der Waals surface area contributed by atoms with Gasteiger partial charge < -0.3 is 15.6 Å². The molecule has 1 aliphatic rings. The molecular weight excluding hydrogens is 438 g/mol. The first kappa shape index (κ1) is 22.2. The molecule has 0 spiro atoms. The molecule has 1 amide bonds. The number of aryl methyl sites for hydroxylation is 1. The molecule has 1 aliphatic heterocycles. The number of para-hydroxylation sites is 1. The van der Waals surface area contributed by atoms with Gasteiger partial charge in [0.05, 0.1) is 17.1 Å². The Hall–Kier alpha value is -4.65. The quantitative estimate of drug-likeness (QED) is 0.194. The topological polar surface area (TPSA) is 96.2 Å². The monoisotopic (exact) mass is 463 g/mol. The average Bonchev–Trinajstić information content (AvgIpc) is 3.25. The van der Waals surface area contributed by atoms with Crippen molar-refractivity contribution >= 4 is 34.1 Å². The molecule has 3 N–H and O–H groups in total. The summed E-state index contributed by atoms with van der Waals surface area (Å²) in [5.41, 5.74) is 5.58. The number of nitrogens with zero attached hydrogens (tertiary/aromatic N) is 3. The van der Waals surface area contributed by atoms with Gasteiger partial charge in [0.1, 0.15) is 11.4 Å². The van der Waals surface area contributed by atoms with E-state index in [9.17, 15) is 4.79 Å². The molecule has 7 nitrogen and oxygen atoms in total. The molecule has 2 heterocycles. The summed E-state index contributed by atoms with van der Waals surface area (Å²) in [5.74, 6) is 6.00. The van der Waals surface area contributed by atoms with Gasteiger partial charge in [0.15, 0.2) is 11.9 Å². The third-order valence-electron chi connectivity index (χ3n) is 5.98. The van der Waals surface area contributed by atoms with Crippen molar-refractivity contribution in [2.75, 3.05) is 4.90 Å². The van der Waals surface area contributed by atoms with Gasteiger partial charge in [0, 0.05) is 16.5 Å². The SMILES string of the molecule is C=C1C(NC(=O)c2cc3cc(C)ccc3o2)N=C(c2ccccc2)c2ccccc2N1/C(C)=N\N. The Morgan fingerprint density at radius 1 is 1.09 bits per heavy atom. The number of aliphatic imine (C=N–C) groups is 1. The Morgan fingerprint density at radius 3 is 2.60 bits per heavy atom. The molecule has 1 unspecified atom stereocenters. The second-order valence-corrected chi connectivity index (χ2v) is 8.39. The predicted molar refractivity (Wildman–Crippen MR) is 140 cm³/mol. The Labute approximate surface area is 203 Å². The molecule has 3 aromatic carbocycles. The summed E-state index contributed by atoms with van der Waals surface area (Å²) in [6, 6.07) is 25.2. The lowest BCUT2D eigenvalue weighted by Gasteiger charge is -2.28. The Balaban J connectivity index is 1.61. The molecule has 5 rings (SSSR count). The van der Waals surface area contributed by atoms with Crippen molar-refractivity contribution in [3.05, 3.63) is 114 Å². The first-order chi connectivity index (χ1) is 17.0. The average molecular weight is 464 g/mol. The number of benzodiazepines with no additional fused rings is 1. The zero-order valence-corrected chi connectivity index (χ0v) is 19.5. The van der Waals surface area contributed by atoms with E-state index in [4.69, 9.17) is 15.3 Å². The number of nitrogens with two attached hydrogens (primary N) is 1. The van der Waals surface area contributed by atoms with Crippen LogP contribution in [0.25, 0.3) is 11.0 Å². The molecule has 4 aromatic rings. The second kappa shape index (κ2) is 8.95. The van der Waals surface area contributed by atoms with Crippen LogP contribution in [0.3, 0.4) is 0 Å². The van der Waals surface area contributed by atoms with Crippen LogP contribution in [0.1, 0.15) is 34.2 Å². The van der Waals surface area contributed by atoms with Crippen LogP contribution in [0.5, 0.6) is 0 Å². The Morgan fingerprint density at radius 2 is 1.83 bits per heavy atom. The number of hydrogen-bond donors (Lipinski definition) is 2. The Kier molecular flexibility index (Phi) is 5.66. The van der Waals surface area contributed by atoms with Gasteiger partial charge in [-0.2, -0.15) is 5.10 Å². The van der Waals surface area contributed by atoms with Crippen molar-refractivity contribution in [2.24, 2.45) is 15.9 Å². The third kappa shape index (κ3) is 4.08. The normalized spacial score (nSPS) is 16.0. The highest BCUT2D eigenvalue weighted by Crippen LogP contribution is 2.32. The second-order valence-electron chi connectivity index (χ2n) is 8.39. The van der Waals surface area contributed by atoms with E-state index in [2.05, 4.69) is 17.0 Å². The van der Waals surface area contributed by atoms with Crippen LogP contribution >= 0.6 is 0 Å². The Bertz CT molecular complexity index is 1500. The summed E-state index contributed by atoms with van der Waals surface area (Å²) in [7, 11) is 0. The fourth-order valence-electron chi connectivity index (χ4n) is 4.27. The molecule has 0 fully saturated rings. The van der Waals surface area contributed by atoms with Crippen molar-refractivity contribution in [2.45, 2.75) is 20.0 Å². The number of furan rings is 1. The van der Waals surface area contributed by atoms with Gasteiger partial charge in [0.2, 0.25) is 0 Å². The van der Waals surface area contributed by atoms with Crippen LogP contribution in [-0.4, -0.2) is 23.6 Å². The minimum Gasteiger partial charge on any atom is -0.451 e. The van der Waals surface area contributed by atoms with Crippen LogP contribution in [0.15, 0.2) is 106 Å². The standard InChI is InChI=1S/C28H25N5O2/c1-17-13-14-24-21(15-17)16-25(35-24)28(34)31-27-18(2)33(19(3)32-29)23-12-8-7-11-22(23)26(30-27)20-9-5-4-6-10-20/h4-16,27H,2,29H2,1,3H3,(H,31,34)/b32-19-. The maximum Gasteiger partial charge on any atom is 0.288 e. The lowest BCUT2D eigenvalue weighted by Crippen LogP contribution is -2.42. The van der Waals surface area contributed by atoms with Gasteiger partial charge in [-0.15, -0.1) is 0 Å². The number of amidine groups is 1. The highest BCUT2D eigenvalue weighted by atomic mass is 16.3. The van der Waals surface area contributed by atoms with E-state index in [1.807, 2.05) is 84.6 Å². The van der Waals surface area contributed by atoms with E-state index in [1.54, 1.807) is 13.0 Å². The van der Waals surface area contributed by atoms with Gasteiger partial charge in [-0.1, -0.05) is 66.7 Å². The molecule has 1 atom stereocenters. The zero-order chi connectivity index (χ0) is 24.5. The first-order valence-corrected chi connectivity index (χ1v) is 11.2. The highest BCUT2D eigenvalue weighted by Gasteiger charge is 2.31. The number of carbonyl (C=O) groups is 1. The van der Waals surface area contributed by atoms with E-state index in [-0.39, 0.29) is 5.76 Å². The summed E-state index contributed by atoms with van der Waals surface area (Å²) < 4.78 is 5.81. The number of nitrogens with one attached hydrogen (secondary N) is 1. The molecule has 0 aliphatic carbocycles. The number of anilines is 1. The van der Waals surface area contributed by atoms with Crippen LogP contribution < -0.4 is 16.1 Å². The van der Waals surface area contributed by atoms with Gasteiger partial charge >= 0.3 is 0 Å². The molecular formula is C28H25N5O2. The molecule has 0 bridgehead atoms. The molecule has 7 heteroatoms. The van der Waals surface area contributed by atoms with Crippen LogP contribution in [-0.2, 0) is 0 Å². The van der Waals surface area contributed by atoms with Crippen LogP contribution in [0.4, 0.5) is 5.69 Å². The molecule has 35 heavy (non-hydrogen) atoms. The smallest absolute Gasteiger partial charge is 0.288 e. The number of hydrogen-bond acceptors (Lipinski definition) is 5. The van der Waals surface area contributed by atoms with Crippen molar-refractivity contribution < 1.29 is 9.21 Å². The number of hydrazone groups is 1.